The molecule has 2 N–H and O–H groups in total. The highest BCUT2D eigenvalue weighted by molar-refractivity contribution is 6.33. The van der Waals surface area contributed by atoms with Gasteiger partial charge in [-0.2, -0.15) is 0 Å². The van der Waals surface area contributed by atoms with Crippen molar-refractivity contribution in [2.24, 2.45) is 0 Å². The SMILES string of the molecule is CCCC1(CCC)NC(=O)N(CC(=O)Nc2ccc(C)cc2Cl)C1=O. The van der Waals surface area contributed by atoms with Crippen molar-refractivity contribution in [2.45, 2.75) is 52.0 Å². The van der Waals surface area contributed by atoms with Crippen molar-refractivity contribution in [1.82, 2.24) is 10.2 Å². The van der Waals surface area contributed by atoms with E-state index in [1.807, 2.05) is 26.8 Å². The summed E-state index contributed by atoms with van der Waals surface area (Å²) in [5, 5.41) is 5.85. The van der Waals surface area contributed by atoms with Crippen LogP contribution < -0.4 is 10.6 Å². The molecule has 136 valence electrons. The predicted molar refractivity (Wildman–Crippen MR) is 97.6 cm³/mol. The zero-order chi connectivity index (χ0) is 18.6. The Hall–Kier alpha value is -2.08. The number of imide groups is 1. The van der Waals surface area contributed by atoms with Gasteiger partial charge < -0.3 is 10.6 Å². The summed E-state index contributed by atoms with van der Waals surface area (Å²) in [6.07, 6.45) is 2.66. The lowest BCUT2D eigenvalue weighted by Crippen LogP contribution is -2.47. The third-order valence-electron chi connectivity index (χ3n) is 4.30. The highest BCUT2D eigenvalue weighted by Crippen LogP contribution is 2.28. The highest BCUT2D eigenvalue weighted by atomic mass is 35.5. The van der Waals surface area contributed by atoms with Gasteiger partial charge >= 0.3 is 6.03 Å². The van der Waals surface area contributed by atoms with E-state index >= 15 is 0 Å². The normalized spacial score (nSPS) is 16.1. The highest BCUT2D eigenvalue weighted by Gasteiger charge is 2.50. The zero-order valence-electron chi connectivity index (χ0n) is 14.8. The van der Waals surface area contributed by atoms with E-state index in [0.29, 0.717) is 23.6 Å². The number of amides is 4. The van der Waals surface area contributed by atoms with Crippen LogP contribution in [0.4, 0.5) is 10.5 Å². The van der Waals surface area contributed by atoms with Gasteiger partial charge in [0.1, 0.15) is 12.1 Å². The number of rotatable bonds is 7. The summed E-state index contributed by atoms with van der Waals surface area (Å²) in [6, 6.07) is 4.73. The number of nitrogens with one attached hydrogen (secondary N) is 2. The smallest absolute Gasteiger partial charge is 0.323 e. The van der Waals surface area contributed by atoms with Crippen LogP contribution in [0.3, 0.4) is 0 Å². The first-order valence-corrected chi connectivity index (χ1v) is 8.91. The number of hydrogen-bond acceptors (Lipinski definition) is 3. The van der Waals surface area contributed by atoms with Gasteiger partial charge in [-0.15, -0.1) is 0 Å². The molecule has 0 spiro atoms. The minimum Gasteiger partial charge on any atom is -0.323 e. The first-order chi connectivity index (χ1) is 11.8. The van der Waals surface area contributed by atoms with Crippen LogP contribution in [0.25, 0.3) is 0 Å². The van der Waals surface area contributed by atoms with Crippen molar-refractivity contribution in [3.8, 4) is 0 Å². The van der Waals surface area contributed by atoms with Gasteiger partial charge in [0.2, 0.25) is 5.91 Å². The van der Waals surface area contributed by atoms with Crippen LogP contribution in [0.1, 0.15) is 45.1 Å². The van der Waals surface area contributed by atoms with E-state index in [-0.39, 0.29) is 12.5 Å². The van der Waals surface area contributed by atoms with Crippen LogP contribution in [0.5, 0.6) is 0 Å². The van der Waals surface area contributed by atoms with Gasteiger partial charge in [-0.3, -0.25) is 14.5 Å². The van der Waals surface area contributed by atoms with Crippen molar-refractivity contribution in [3.63, 3.8) is 0 Å². The topological polar surface area (TPSA) is 78.5 Å². The van der Waals surface area contributed by atoms with Crippen molar-refractivity contribution in [3.05, 3.63) is 28.8 Å². The number of aryl methyl sites for hydroxylation is 1. The summed E-state index contributed by atoms with van der Waals surface area (Å²) in [7, 11) is 0. The Kier molecular flexibility index (Phi) is 6.06. The fourth-order valence-electron chi connectivity index (χ4n) is 3.19. The molecule has 0 unspecified atom stereocenters. The molecule has 0 atom stereocenters. The summed E-state index contributed by atoms with van der Waals surface area (Å²) in [5.41, 5.74) is 0.543. The minimum atomic E-state index is -0.887. The molecule has 1 aromatic carbocycles. The van der Waals surface area contributed by atoms with E-state index in [0.717, 1.165) is 23.3 Å². The molecule has 4 amide bonds. The third kappa shape index (κ3) is 4.12. The van der Waals surface area contributed by atoms with Crippen molar-refractivity contribution in [1.29, 1.82) is 0 Å². The van der Waals surface area contributed by atoms with Crippen molar-refractivity contribution in [2.75, 3.05) is 11.9 Å². The lowest BCUT2D eigenvalue weighted by molar-refractivity contribution is -0.134. The molecule has 1 aliphatic heterocycles. The van der Waals surface area contributed by atoms with E-state index < -0.39 is 17.5 Å². The zero-order valence-corrected chi connectivity index (χ0v) is 15.6. The summed E-state index contributed by atoms with van der Waals surface area (Å²) < 4.78 is 0. The number of urea groups is 1. The van der Waals surface area contributed by atoms with Crippen LogP contribution >= 0.6 is 11.6 Å². The van der Waals surface area contributed by atoms with Crippen molar-refractivity contribution >= 4 is 35.1 Å². The average molecular weight is 366 g/mol. The number of halogens is 1. The van der Waals surface area contributed by atoms with E-state index in [1.54, 1.807) is 12.1 Å². The molecule has 25 heavy (non-hydrogen) atoms. The quantitative estimate of drug-likeness (QED) is 0.726. The number of hydrogen-bond donors (Lipinski definition) is 2. The van der Waals surface area contributed by atoms with Gasteiger partial charge in [-0.05, 0) is 37.5 Å². The van der Waals surface area contributed by atoms with Gasteiger partial charge in [0.25, 0.3) is 5.91 Å². The molecule has 0 radical (unpaired) electrons. The summed E-state index contributed by atoms with van der Waals surface area (Å²) in [5.74, 6) is -0.788. The maximum atomic E-state index is 12.8. The molecule has 7 heteroatoms. The second-order valence-electron chi connectivity index (χ2n) is 6.44. The third-order valence-corrected chi connectivity index (χ3v) is 4.61. The molecule has 0 aromatic heterocycles. The fraction of sp³-hybridized carbons (Fsp3) is 0.500. The molecule has 0 aliphatic carbocycles. The van der Waals surface area contributed by atoms with Crippen LogP contribution in [0.15, 0.2) is 18.2 Å². The van der Waals surface area contributed by atoms with E-state index in [1.165, 1.54) is 0 Å². The molecular formula is C18H24ClN3O3. The van der Waals surface area contributed by atoms with Crippen LogP contribution in [-0.2, 0) is 9.59 Å². The number of nitrogens with zero attached hydrogens (tertiary/aromatic N) is 1. The largest absolute Gasteiger partial charge is 0.325 e. The van der Waals surface area contributed by atoms with E-state index in [4.69, 9.17) is 11.6 Å². The summed E-state index contributed by atoms with van der Waals surface area (Å²) >= 11 is 6.10. The molecule has 0 saturated carbocycles. The first-order valence-electron chi connectivity index (χ1n) is 8.53. The second kappa shape index (κ2) is 7.87. The van der Waals surface area contributed by atoms with Crippen molar-refractivity contribution < 1.29 is 14.4 Å². The molecule has 1 aliphatic rings. The summed E-state index contributed by atoms with van der Waals surface area (Å²) in [6.45, 7) is 5.49. The Morgan fingerprint density at radius 1 is 1.24 bits per heavy atom. The van der Waals surface area contributed by atoms with Gasteiger partial charge in [-0.25, -0.2) is 4.79 Å². The molecule has 2 rings (SSSR count). The Morgan fingerprint density at radius 3 is 2.44 bits per heavy atom. The molecule has 1 fully saturated rings. The molecular weight excluding hydrogens is 342 g/mol. The lowest BCUT2D eigenvalue weighted by Gasteiger charge is -2.25. The predicted octanol–water partition coefficient (Wildman–Crippen LogP) is 3.48. The Balaban J connectivity index is 2.09. The number of benzene rings is 1. The fourth-order valence-corrected chi connectivity index (χ4v) is 3.47. The lowest BCUT2D eigenvalue weighted by atomic mass is 9.88. The standard InChI is InChI=1S/C18H24ClN3O3/c1-4-8-18(9-5-2)16(24)22(17(25)21-18)11-15(23)20-14-7-6-12(3)10-13(14)19/h6-7,10H,4-5,8-9,11H2,1-3H3,(H,20,23)(H,21,25). The monoisotopic (exact) mass is 365 g/mol. The average Bonchev–Trinajstić information content (AvgIpc) is 2.75. The molecule has 0 bridgehead atoms. The Morgan fingerprint density at radius 2 is 1.88 bits per heavy atom. The van der Waals surface area contributed by atoms with Crippen LogP contribution in [-0.4, -0.2) is 34.8 Å². The van der Waals surface area contributed by atoms with Crippen LogP contribution in [0.2, 0.25) is 5.02 Å². The number of anilines is 1. The Bertz CT molecular complexity index is 684. The Labute approximate surface area is 152 Å². The maximum absolute atomic E-state index is 12.8. The van der Waals surface area contributed by atoms with Gasteiger partial charge in [0.15, 0.2) is 0 Å². The van der Waals surface area contributed by atoms with E-state index in [2.05, 4.69) is 10.6 Å². The molecule has 1 heterocycles. The van der Waals surface area contributed by atoms with E-state index in [9.17, 15) is 14.4 Å². The van der Waals surface area contributed by atoms with Gasteiger partial charge in [0, 0.05) is 0 Å². The van der Waals surface area contributed by atoms with Crippen LogP contribution in [0, 0.1) is 6.92 Å². The molecule has 1 aromatic rings. The first kappa shape index (κ1) is 19.2. The second-order valence-corrected chi connectivity index (χ2v) is 6.84. The molecule has 1 saturated heterocycles. The molecule has 6 nitrogen and oxygen atoms in total. The minimum absolute atomic E-state index is 0.327. The van der Waals surface area contributed by atoms with Gasteiger partial charge in [0.05, 0.1) is 10.7 Å². The maximum Gasteiger partial charge on any atom is 0.325 e. The number of carbonyl (C=O) groups excluding carboxylic acids is 3. The summed E-state index contributed by atoms with van der Waals surface area (Å²) in [4.78, 5) is 38.3. The van der Waals surface area contributed by atoms with Gasteiger partial charge in [-0.1, -0.05) is 44.4 Å². The number of carbonyl (C=O) groups is 3.